The highest BCUT2D eigenvalue weighted by molar-refractivity contribution is 8.00. The molecule has 7 aliphatic rings. The van der Waals surface area contributed by atoms with Crippen LogP contribution in [0.5, 0.6) is 0 Å². The topological polar surface area (TPSA) is 0 Å². The van der Waals surface area contributed by atoms with Crippen LogP contribution in [0.4, 0.5) is 0 Å². The second-order valence-electron chi connectivity index (χ2n) is 8.38. The molecule has 0 radical (unpaired) electrons. The Labute approximate surface area is 132 Å². The molecule has 0 nitrogen and oxygen atoms in total. The van der Waals surface area contributed by atoms with Gasteiger partial charge in [0.1, 0.15) is 0 Å². The minimum Gasteiger partial charge on any atom is -0.158 e. The Morgan fingerprint density at radius 3 is 2.05 bits per heavy atom. The molecular weight excluding hydrogens is 280 g/mol. The van der Waals surface area contributed by atoms with E-state index in [0.29, 0.717) is 0 Å². The lowest BCUT2D eigenvalue weighted by atomic mass is 9.86. The molecule has 0 N–H and O–H groups in total. The molecule has 3 aliphatic heterocycles. The molecule has 20 heavy (non-hydrogen) atoms. The van der Waals surface area contributed by atoms with E-state index in [1.54, 1.807) is 51.4 Å². The summed E-state index contributed by atoms with van der Waals surface area (Å²) in [4.78, 5) is 0. The molecule has 112 valence electrons. The van der Waals surface area contributed by atoms with Gasteiger partial charge in [-0.2, -0.15) is 23.5 Å². The maximum atomic E-state index is 2.28. The van der Waals surface area contributed by atoms with Crippen LogP contribution in [0.1, 0.15) is 51.4 Å². The summed E-state index contributed by atoms with van der Waals surface area (Å²) in [5.41, 5.74) is 0. The van der Waals surface area contributed by atoms with Crippen molar-refractivity contribution in [3.8, 4) is 0 Å². The molecular formula is C18H28S2. The summed E-state index contributed by atoms with van der Waals surface area (Å²) in [5.74, 6) is 9.94. The Hall–Kier alpha value is 0.700. The average Bonchev–Trinajstić information content (AvgIpc) is 3.14. The third kappa shape index (κ3) is 2.11. The lowest BCUT2D eigenvalue weighted by molar-refractivity contribution is 0.323. The summed E-state index contributed by atoms with van der Waals surface area (Å²) in [6.07, 6.45) is 12.6. The maximum absolute atomic E-state index is 2.28. The molecule has 4 aliphatic carbocycles. The fraction of sp³-hybridized carbons (Fsp3) is 1.00. The summed E-state index contributed by atoms with van der Waals surface area (Å²) in [6.45, 7) is 0. The van der Waals surface area contributed by atoms with Crippen molar-refractivity contribution in [3.05, 3.63) is 0 Å². The molecule has 0 aromatic carbocycles. The lowest BCUT2D eigenvalue weighted by Crippen LogP contribution is -2.27. The summed E-state index contributed by atoms with van der Waals surface area (Å²) in [5, 5.41) is 2.21. The predicted molar refractivity (Wildman–Crippen MR) is 90.4 cm³/mol. The van der Waals surface area contributed by atoms with Gasteiger partial charge in [-0.15, -0.1) is 0 Å². The van der Waals surface area contributed by atoms with Crippen molar-refractivity contribution in [2.45, 2.75) is 61.9 Å². The summed E-state index contributed by atoms with van der Waals surface area (Å²) >= 11 is 4.54. The molecule has 6 bridgehead atoms. The van der Waals surface area contributed by atoms with Gasteiger partial charge >= 0.3 is 0 Å². The highest BCUT2D eigenvalue weighted by Crippen LogP contribution is 2.57. The Bertz CT molecular complexity index is 345. The Morgan fingerprint density at radius 1 is 0.550 bits per heavy atom. The van der Waals surface area contributed by atoms with Crippen molar-refractivity contribution in [3.63, 3.8) is 0 Å². The summed E-state index contributed by atoms with van der Waals surface area (Å²) in [7, 11) is 0. The van der Waals surface area contributed by atoms with E-state index in [1.165, 1.54) is 29.3 Å². The molecule has 8 atom stereocenters. The van der Waals surface area contributed by atoms with Crippen LogP contribution in [0.3, 0.4) is 0 Å². The van der Waals surface area contributed by atoms with E-state index in [1.807, 2.05) is 0 Å². The van der Waals surface area contributed by atoms with E-state index < -0.39 is 0 Å². The zero-order valence-corrected chi connectivity index (χ0v) is 14.1. The first-order valence-electron chi connectivity index (χ1n) is 9.10. The first-order chi connectivity index (χ1) is 9.87. The first-order valence-corrected chi connectivity index (χ1v) is 11.2. The van der Waals surface area contributed by atoms with Crippen LogP contribution >= 0.6 is 23.5 Å². The molecule has 7 fully saturated rings. The van der Waals surface area contributed by atoms with Crippen LogP contribution in [0.2, 0.25) is 0 Å². The third-order valence-electron chi connectivity index (χ3n) is 7.47. The minimum atomic E-state index is 1.10. The quantitative estimate of drug-likeness (QED) is 0.612. The Kier molecular flexibility index (Phi) is 3.37. The van der Waals surface area contributed by atoms with Crippen LogP contribution in [0.25, 0.3) is 0 Å². The van der Waals surface area contributed by atoms with Crippen molar-refractivity contribution in [2.24, 2.45) is 35.5 Å². The number of rotatable bonds is 0. The van der Waals surface area contributed by atoms with Crippen LogP contribution in [-0.4, -0.2) is 22.0 Å². The van der Waals surface area contributed by atoms with E-state index >= 15 is 0 Å². The van der Waals surface area contributed by atoms with Gasteiger partial charge in [0.25, 0.3) is 0 Å². The van der Waals surface area contributed by atoms with Gasteiger partial charge in [-0.05, 0) is 98.4 Å². The molecule has 3 heterocycles. The fourth-order valence-electron chi connectivity index (χ4n) is 6.59. The van der Waals surface area contributed by atoms with Crippen LogP contribution in [-0.2, 0) is 0 Å². The van der Waals surface area contributed by atoms with Crippen molar-refractivity contribution in [1.82, 2.24) is 0 Å². The number of hydrogen-bond donors (Lipinski definition) is 0. The summed E-state index contributed by atoms with van der Waals surface area (Å²) in [6, 6.07) is 0. The largest absolute Gasteiger partial charge is 0.158 e. The van der Waals surface area contributed by atoms with Gasteiger partial charge in [0.15, 0.2) is 0 Å². The molecule has 3 saturated heterocycles. The predicted octanol–water partition coefficient (Wildman–Crippen LogP) is 5.08. The van der Waals surface area contributed by atoms with Crippen LogP contribution < -0.4 is 0 Å². The average molecular weight is 309 g/mol. The standard InChI is InChI=1S/2C9H14S/c1-2-10-9-5-6-3-7(1)8(9)4-6;1-2-10-9-5-7-4-8(9)3-6(1)7/h2*6-9H,1-5H2. The van der Waals surface area contributed by atoms with Gasteiger partial charge in [0.2, 0.25) is 0 Å². The molecule has 0 spiro atoms. The van der Waals surface area contributed by atoms with E-state index in [9.17, 15) is 0 Å². The second kappa shape index (κ2) is 5.11. The zero-order valence-electron chi connectivity index (χ0n) is 12.5. The highest BCUT2D eigenvalue weighted by Gasteiger charge is 2.48. The van der Waals surface area contributed by atoms with E-state index in [2.05, 4.69) is 23.5 Å². The number of thioether (sulfide) groups is 2. The first kappa shape index (κ1) is 13.2. The number of fused-ring (bicyclic) bond motifs is 3. The van der Waals surface area contributed by atoms with Gasteiger partial charge in [-0.3, -0.25) is 0 Å². The fourth-order valence-corrected chi connectivity index (χ4v) is 9.94. The van der Waals surface area contributed by atoms with E-state index in [0.717, 1.165) is 28.3 Å². The van der Waals surface area contributed by atoms with Gasteiger partial charge < -0.3 is 0 Å². The smallest absolute Gasteiger partial charge is 0.00807 e. The summed E-state index contributed by atoms with van der Waals surface area (Å²) < 4.78 is 0. The molecule has 0 amide bonds. The molecule has 7 rings (SSSR count). The van der Waals surface area contributed by atoms with Crippen LogP contribution in [0.15, 0.2) is 0 Å². The Balaban J connectivity index is 0.0000000960. The van der Waals surface area contributed by atoms with Gasteiger partial charge in [-0.25, -0.2) is 0 Å². The molecule has 0 aromatic rings. The monoisotopic (exact) mass is 308 g/mol. The number of hydrogen-bond acceptors (Lipinski definition) is 2. The minimum absolute atomic E-state index is 1.10. The maximum Gasteiger partial charge on any atom is 0.00807 e. The van der Waals surface area contributed by atoms with Gasteiger partial charge in [0, 0.05) is 10.5 Å². The molecule has 0 aromatic heterocycles. The zero-order chi connectivity index (χ0) is 13.1. The van der Waals surface area contributed by atoms with E-state index in [-0.39, 0.29) is 0 Å². The second-order valence-corrected chi connectivity index (χ2v) is 11.1. The molecule has 4 saturated carbocycles. The SMILES string of the molecule is C1CC2CC3CC(S1)C2C3.C1CC2CC3CC2CC3S1. The highest BCUT2D eigenvalue weighted by atomic mass is 32.2. The Morgan fingerprint density at radius 2 is 1.35 bits per heavy atom. The van der Waals surface area contributed by atoms with Crippen molar-refractivity contribution in [2.75, 3.05) is 11.5 Å². The van der Waals surface area contributed by atoms with Gasteiger partial charge in [0.05, 0.1) is 0 Å². The molecule has 2 heteroatoms. The lowest BCUT2D eigenvalue weighted by Gasteiger charge is -2.34. The normalized spacial score (nSPS) is 57.6. The van der Waals surface area contributed by atoms with Crippen molar-refractivity contribution < 1.29 is 0 Å². The van der Waals surface area contributed by atoms with Crippen molar-refractivity contribution >= 4 is 23.5 Å². The van der Waals surface area contributed by atoms with Crippen LogP contribution in [0, 0.1) is 35.5 Å². The van der Waals surface area contributed by atoms with E-state index in [4.69, 9.17) is 0 Å². The van der Waals surface area contributed by atoms with Gasteiger partial charge in [-0.1, -0.05) is 0 Å². The van der Waals surface area contributed by atoms with Crippen molar-refractivity contribution in [1.29, 1.82) is 0 Å². The third-order valence-corrected chi connectivity index (χ3v) is 10.4. The molecule has 8 unspecified atom stereocenters.